The normalized spacial score (nSPS) is 24.9. The Labute approximate surface area is 171 Å². The SMILES string of the molecule is CCOc1cc(N2C(=NC(C)=O)SC3CS(=O)(=O)CC32)cc(Br)c1OCC. The standard InChI is InChI=1S/C17H21BrN2O5S2/c1-4-24-14-7-11(6-12(18)16(14)25-5-2)20-13-8-27(22,23)9-15(13)26-17(20)19-10(3)21/h6-7,13,15H,4-5,8-9H2,1-3H3. The smallest absolute Gasteiger partial charge is 0.244 e. The number of nitrogens with zero attached hydrogens (tertiary/aromatic N) is 2. The van der Waals surface area contributed by atoms with E-state index in [1.807, 2.05) is 30.9 Å². The van der Waals surface area contributed by atoms with Crippen LogP contribution in [0.25, 0.3) is 0 Å². The van der Waals surface area contributed by atoms with Gasteiger partial charge in [-0.25, -0.2) is 8.42 Å². The Hall–Kier alpha value is -1.26. The van der Waals surface area contributed by atoms with Crippen LogP contribution in [-0.2, 0) is 14.6 Å². The summed E-state index contributed by atoms with van der Waals surface area (Å²) in [6.45, 7) is 6.09. The molecule has 2 aliphatic rings. The van der Waals surface area contributed by atoms with Gasteiger partial charge in [0.1, 0.15) is 0 Å². The average molecular weight is 477 g/mol. The van der Waals surface area contributed by atoms with Crippen molar-refractivity contribution < 1.29 is 22.7 Å². The van der Waals surface area contributed by atoms with Crippen molar-refractivity contribution in [2.45, 2.75) is 32.1 Å². The van der Waals surface area contributed by atoms with Crippen LogP contribution in [0.5, 0.6) is 11.5 Å². The minimum absolute atomic E-state index is 0.0381. The van der Waals surface area contributed by atoms with Crippen molar-refractivity contribution in [2.24, 2.45) is 4.99 Å². The summed E-state index contributed by atoms with van der Waals surface area (Å²) in [5.74, 6) is 0.957. The van der Waals surface area contributed by atoms with E-state index in [-0.39, 0.29) is 28.7 Å². The Kier molecular flexibility index (Phi) is 6.07. The van der Waals surface area contributed by atoms with Gasteiger partial charge in [-0.15, -0.1) is 0 Å². The highest BCUT2D eigenvalue weighted by Gasteiger charge is 2.49. The van der Waals surface area contributed by atoms with Gasteiger partial charge in [0.2, 0.25) is 5.91 Å². The number of halogens is 1. The number of rotatable bonds is 5. The van der Waals surface area contributed by atoms with E-state index in [2.05, 4.69) is 20.9 Å². The number of aliphatic imine (C=N–C) groups is 1. The van der Waals surface area contributed by atoms with Gasteiger partial charge in [-0.2, -0.15) is 4.99 Å². The first kappa shape index (κ1) is 20.5. The summed E-state index contributed by atoms with van der Waals surface area (Å²) in [7, 11) is -3.12. The molecule has 7 nitrogen and oxygen atoms in total. The summed E-state index contributed by atoms with van der Waals surface area (Å²) in [5.41, 5.74) is 0.714. The van der Waals surface area contributed by atoms with E-state index in [0.29, 0.717) is 40.0 Å². The maximum atomic E-state index is 12.1. The first-order valence-corrected chi connectivity index (χ1v) is 12.1. The molecule has 1 aromatic rings. The second kappa shape index (κ2) is 8.00. The second-order valence-corrected chi connectivity index (χ2v) is 10.4. The molecule has 2 unspecified atom stereocenters. The second-order valence-electron chi connectivity index (χ2n) is 6.20. The zero-order valence-electron chi connectivity index (χ0n) is 15.3. The van der Waals surface area contributed by atoms with Crippen LogP contribution in [0.3, 0.4) is 0 Å². The van der Waals surface area contributed by atoms with Gasteiger partial charge in [0, 0.05) is 23.9 Å². The number of sulfone groups is 1. The third kappa shape index (κ3) is 4.27. The molecule has 0 aromatic heterocycles. The fraction of sp³-hybridized carbons (Fsp3) is 0.529. The van der Waals surface area contributed by atoms with Gasteiger partial charge < -0.3 is 14.4 Å². The minimum atomic E-state index is -3.12. The first-order valence-electron chi connectivity index (χ1n) is 8.60. The molecular formula is C17H21BrN2O5S2. The van der Waals surface area contributed by atoms with Gasteiger partial charge in [-0.1, -0.05) is 11.8 Å². The van der Waals surface area contributed by atoms with Crippen molar-refractivity contribution in [3.8, 4) is 11.5 Å². The molecule has 0 radical (unpaired) electrons. The number of amides is 1. The number of benzene rings is 1. The molecule has 0 spiro atoms. The number of ether oxygens (including phenoxy) is 2. The molecule has 2 fully saturated rings. The molecule has 0 saturated carbocycles. The summed E-state index contributed by atoms with van der Waals surface area (Å²) in [6.07, 6.45) is 0. The van der Waals surface area contributed by atoms with Crippen molar-refractivity contribution in [1.29, 1.82) is 0 Å². The highest BCUT2D eigenvalue weighted by Crippen LogP contribution is 2.45. The summed E-state index contributed by atoms with van der Waals surface area (Å²) >= 11 is 4.86. The number of hydrogen-bond donors (Lipinski definition) is 0. The number of amidine groups is 1. The van der Waals surface area contributed by atoms with E-state index in [9.17, 15) is 13.2 Å². The minimum Gasteiger partial charge on any atom is -0.490 e. The highest BCUT2D eigenvalue weighted by molar-refractivity contribution is 9.10. The fourth-order valence-electron chi connectivity index (χ4n) is 3.24. The van der Waals surface area contributed by atoms with E-state index in [1.54, 1.807) is 0 Å². The molecule has 2 heterocycles. The monoisotopic (exact) mass is 476 g/mol. The highest BCUT2D eigenvalue weighted by atomic mass is 79.9. The van der Waals surface area contributed by atoms with E-state index in [0.717, 1.165) is 0 Å². The summed E-state index contributed by atoms with van der Waals surface area (Å²) < 4.78 is 36.3. The van der Waals surface area contributed by atoms with Gasteiger partial charge >= 0.3 is 0 Å². The Balaban J connectivity index is 2.09. The molecule has 1 aromatic carbocycles. The largest absolute Gasteiger partial charge is 0.490 e. The van der Waals surface area contributed by atoms with Gasteiger partial charge in [-0.05, 0) is 35.8 Å². The third-order valence-electron chi connectivity index (χ3n) is 4.18. The van der Waals surface area contributed by atoms with E-state index in [4.69, 9.17) is 9.47 Å². The van der Waals surface area contributed by atoms with Crippen molar-refractivity contribution >= 4 is 54.3 Å². The number of anilines is 1. The first-order chi connectivity index (χ1) is 12.8. The molecule has 148 valence electrons. The fourth-order valence-corrected chi connectivity index (χ4v) is 7.74. The van der Waals surface area contributed by atoms with E-state index < -0.39 is 9.84 Å². The van der Waals surface area contributed by atoms with E-state index >= 15 is 0 Å². The topological polar surface area (TPSA) is 85.3 Å². The molecule has 10 heteroatoms. The molecule has 2 atom stereocenters. The maximum absolute atomic E-state index is 12.1. The number of carbonyl (C=O) groups is 1. The Morgan fingerprint density at radius 1 is 1.30 bits per heavy atom. The number of hydrogen-bond acceptors (Lipinski definition) is 6. The van der Waals surface area contributed by atoms with Gasteiger partial charge in [-0.3, -0.25) is 4.79 Å². The summed E-state index contributed by atoms with van der Waals surface area (Å²) in [5, 5.41) is 0.375. The molecule has 3 rings (SSSR count). The molecular weight excluding hydrogens is 456 g/mol. The summed E-state index contributed by atoms with van der Waals surface area (Å²) in [4.78, 5) is 17.6. The maximum Gasteiger partial charge on any atom is 0.244 e. The number of carbonyl (C=O) groups excluding carboxylic acids is 1. The predicted molar refractivity (Wildman–Crippen MR) is 111 cm³/mol. The lowest BCUT2D eigenvalue weighted by atomic mass is 10.2. The lowest BCUT2D eigenvalue weighted by molar-refractivity contribution is -0.115. The zero-order chi connectivity index (χ0) is 19.8. The lowest BCUT2D eigenvalue weighted by Gasteiger charge is -2.26. The van der Waals surface area contributed by atoms with Crippen LogP contribution in [0.15, 0.2) is 21.6 Å². The van der Waals surface area contributed by atoms with Gasteiger partial charge in [0.25, 0.3) is 0 Å². The van der Waals surface area contributed by atoms with Crippen molar-refractivity contribution in [3.05, 3.63) is 16.6 Å². The van der Waals surface area contributed by atoms with Crippen LogP contribution in [0.2, 0.25) is 0 Å². The van der Waals surface area contributed by atoms with Crippen molar-refractivity contribution in [1.82, 2.24) is 0 Å². The molecule has 2 saturated heterocycles. The zero-order valence-corrected chi connectivity index (χ0v) is 18.5. The van der Waals surface area contributed by atoms with Crippen LogP contribution in [0.4, 0.5) is 5.69 Å². The third-order valence-corrected chi connectivity index (χ3v) is 7.98. The number of fused-ring (bicyclic) bond motifs is 1. The quantitative estimate of drug-likeness (QED) is 0.645. The van der Waals surface area contributed by atoms with Crippen LogP contribution in [-0.4, -0.2) is 55.5 Å². The van der Waals surface area contributed by atoms with Crippen LogP contribution < -0.4 is 14.4 Å². The van der Waals surface area contributed by atoms with E-state index in [1.165, 1.54) is 18.7 Å². The van der Waals surface area contributed by atoms with Crippen LogP contribution in [0, 0.1) is 0 Å². The Morgan fingerprint density at radius 2 is 2.00 bits per heavy atom. The molecule has 0 bridgehead atoms. The Bertz CT molecular complexity index is 888. The molecule has 0 N–H and O–H groups in total. The predicted octanol–water partition coefficient (Wildman–Crippen LogP) is 2.87. The molecule has 2 aliphatic heterocycles. The van der Waals surface area contributed by atoms with Crippen molar-refractivity contribution in [3.63, 3.8) is 0 Å². The van der Waals surface area contributed by atoms with Gasteiger partial charge in [0.05, 0.1) is 35.2 Å². The lowest BCUT2D eigenvalue weighted by Crippen LogP contribution is -2.37. The molecule has 1 amide bonds. The Morgan fingerprint density at radius 3 is 2.63 bits per heavy atom. The molecule has 27 heavy (non-hydrogen) atoms. The van der Waals surface area contributed by atoms with Gasteiger partial charge in [0.15, 0.2) is 26.5 Å². The average Bonchev–Trinajstić information content (AvgIpc) is 3.00. The summed E-state index contributed by atoms with van der Waals surface area (Å²) in [6, 6.07) is 3.39. The number of thioether (sulfide) groups is 1. The van der Waals surface area contributed by atoms with Crippen LogP contribution in [0.1, 0.15) is 20.8 Å². The molecule has 0 aliphatic carbocycles. The van der Waals surface area contributed by atoms with Crippen LogP contribution >= 0.6 is 27.7 Å². The van der Waals surface area contributed by atoms with Crippen molar-refractivity contribution in [2.75, 3.05) is 29.6 Å².